The van der Waals surface area contributed by atoms with Crippen molar-refractivity contribution in [1.82, 2.24) is 0 Å². The van der Waals surface area contributed by atoms with Crippen LogP contribution in [0.15, 0.2) is 35.7 Å². The lowest BCUT2D eigenvalue weighted by Crippen LogP contribution is -1.91. The summed E-state index contributed by atoms with van der Waals surface area (Å²) < 4.78 is 7.85. The molecule has 1 aromatic carbocycles. The zero-order valence-electron chi connectivity index (χ0n) is 10.0. The Bertz CT molecular complexity index is 691. The van der Waals surface area contributed by atoms with E-state index >= 15 is 0 Å². The molecule has 98 valence electrons. The minimum Gasteiger partial charge on any atom is -0.495 e. The van der Waals surface area contributed by atoms with Crippen LogP contribution in [0.3, 0.4) is 0 Å². The number of thiophene rings is 2. The molecule has 1 unspecified atom stereocenters. The Labute approximate surface area is 132 Å². The number of fused-ring (bicyclic) bond motifs is 1. The summed E-state index contributed by atoms with van der Waals surface area (Å²) in [7, 11) is 1.62. The molecule has 0 radical (unpaired) electrons. The Morgan fingerprint density at radius 1 is 1.21 bits per heavy atom. The fourth-order valence-electron chi connectivity index (χ4n) is 1.91. The Morgan fingerprint density at radius 3 is 2.74 bits per heavy atom. The van der Waals surface area contributed by atoms with Crippen LogP contribution in [0, 0.1) is 0 Å². The van der Waals surface area contributed by atoms with Crippen LogP contribution < -0.4 is 4.74 Å². The van der Waals surface area contributed by atoms with Crippen LogP contribution in [0.4, 0.5) is 0 Å². The van der Waals surface area contributed by atoms with Crippen molar-refractivity contribution < 1.29 is 4.74 Å². The van der Waals surface area contributed by atoms with Crippen LogP contribution >= 0.6 is 50.2 Å². The van der Waals surface area contributed by atoms with E-state index in [1.165, 1.54) is 14.3 Å². The Balaban J connectivity index is 1.96. The fraction of sp³-hybridized carbons (Fsp3) is 0.143. The predicted molar refractivity (Wildman–Crippen MR) is 88.5 cm³/mol. The molecule has 19 heavy (non-hydrogen) atoms. The highest BCUT2D eigenvalue weighted by Gasteiger charge is 2.15. The van der Waals surface area contributed by atoms with Crippen LogP contribution in [0.2, 0.25) is 5.02 Å². The number of ether oxygens (including phenoxy) is 1. The number of hydrogen-bond donors (Lipinski definition) is 0. The summed E-state index contributed by atoms with van der Waals surface area (Å²) in [6, 6.07) is 10.3. The summed E-state index contributed by atoms with van der Waals surface area (Å²) >= 11 is 13.5. The summed E-state index contributed by atoms with van der Waals surface area (Å²) in [6.45, 7) is 0. The zero-order chi connectivity index (χ0) is 13.4. The van der Waals surface area contributed by atoms with Crippen LogP contribution in [0.5, 0.6) is 5.75 Å². The second-order valence-corrected chi connectivity index (χ2v) is 7.44. The average Bonchev–Trinajstić information content (AvgIpc) is 2.98. The third kappa shape index (κ3) is 2.55. The van der Waals surface area contributed by atoms with Gasteiger partial charge >= 0.3 is 0 Å². The lowest BCUT2D eigenvalue weighted by molar-refractivity contribution is 0.415. The molecule has 0 saturated carbocycles. The SMILES string of the molecule is COc1ccc(C(Br)c2cc3sccc3s2)cc1Cl. The second kappa shape index (κ2) is 5.44. The maximum atomic E-state index is 6.18. The van der Waals surface area contributed by atoms with Gasteiger partial charge in [0.05, 0.1) is 17.0 Å². The summed E-state index contributed by atoms with van der Waals surface area (Å²) in [5.41, 5.74) is 1.14. The Kier molecular flexibility index (Phi) is 3.85. The molecular formula is C14H10BrClOS2. The third-order valence-corrected chi connectivity index (χ3v) is 6.66. The molecule has 0 fully saturated rings. The first-order chi connectivity index (χ1) is 9.19. The van der Waals surface area contributed by atoms with Gasteiger partial charge in [-0.05, 0) is 35.2 Å². The Hall–Kier alpha value is -0.550. The number of rotatable bonds is 3. The lowest BCUT2D eigenvalue weighted by atomic mass is 10.1. The molecule has 0 aliphatic rings. The molecule has 0 aliphatic carbocycles. The van der Waals surface area contributed by atoms with Crippen molar-refractivity contribution >= 4 is 59.6 Å². The van der Waals surface area contributed by atoms with Gasteiger partial charge in [0.15, 0.2) is 0 Å². The van der Waals surface area contributed by atoms with Crippen LogP contribution in [-0.4, -0.2) is 7.11 Å². The van der Waals surface area contributed by atoms with E-state index in [0.717, 1.165) is 5.56 Å². The summed E-state index contributed by atoms with van der Waals surface area (Å²) in [6.07, 6.45) is 0. The van der Waals surface area contributed by atoms with E-state index in [4.69, 9.17) is 16.3 Å². The van der Waals surface area contributed by atoms with Crippen molar-refractivity contribution in [2.24, 2.45) is 0 Å². The van der Waals surface area contributed by atoms with Gasteiger partial charge in [-0.15, -0.1) is 22.7 Å². The van der Waals surface area contributed by atoms with Gasteiger partial charge in [-0.2, -0.15) is 0 Å². The van der Waals surface area contributed by atoms with E-state index < -0.39 is 0 Å². The van der Waals surface area contributed by atoms with E-state index in [1.807, 2.05) is 29.5 Å². The van der Waals surface area contributed by atoms with Crippen LogP contribution in [-0.2, 0) is 0 Å². The summed E-state index contributed by atoms with van der Waals surface area (Å²) in [4.78, 5) is 1.46. The molecule has 0 spiro atoms. The normalized spacial score (nSPS) is 12.8. The van der Waals surface area contributed by atoms with Crippen molar-refractivity contribution in [2.75, 3.05) is 7.11 Å². The zero-order valence-corrected chi connectivity index (χ0v) is 14.0. The van der Waals surface area contributed by atoms with E-state index in [2.05, 4.69) is 33.4 Å². The molecule has 0 saturated heterocycles. The minimum atomic E-state index is 0.167. The topological polar surface area (TPSA) is 9.23 Å². The van der Waals surface area contributed by atoms with Gasteiger partial charge in [0, 0.05) is 14.3 Å². The molecule has 0 amide bonds. The fourth-order valence-corrected chi connectivity index (χ4v) is 5.00. The average molecular weight is 374 g/mol. The van der Waals surface area contributed by atoms with Gasteiger partial charge in [-0.1, -0.05) is 33.6 Å². The Morgan fingerprint density at radius 2 is 2.05 bits per heavy atom. The summed E-state index contributed by atoms with van der Waals surface area (Å²) in [5, 5.41) is 2.76. The molecule has 3 rings (SSSR count). The number of hydrogen-bond acceptors (Lipinski definition) is 3. The van der Waals surface area contributed by atoms with Crippen molar-refractivity contribution in [3.8, 4) is 5.75 Å². The first-order valence-electron chi connectivity index (χ1n) is 5.63. The number of halogens is 2. The highest BCUT2D eigenvalue weighted by Crippen LogP contribution is 2.41. The predicted octanol–water partition coefficient (Wildman–Crippen LogP) is 6.11. The molecule has 0 aliphatic heterocycles. The molecule has 5 heteroatoms. The van der Waals surface area contributed by atoms with Crippen LogP contribution in [0.1, 0.15) is 15.3 Å². The van der Waals surface area contributed by atoms with E-state index in [9.17, 15) is 0 Å². The van der Waals surface area contributed by atoms with Crippen molar-refractivity contribution in [2.45, 2.75) is 4.83 Å². The molecular weight excluding hydrogens is 364 g/mol. The molecule has 2 aromatic heterocycles. The van der Waals surface area contributed by atoms with Crippen LogP contribution in [0.25, 0.3) is 9.40 Å². The van der Waals surface area contributed by atoms with Crippen molar-refractivity contribution in [1.29, 1.82) is 0 Å². The standard InChI is InChI=1S/C14H10BrClOS2/c1-17-10-3-2-8(6-9(10)16)14(15)13-7-12-11(19-13)4-5-18-12/h2-7,14H,1H3. The van der Waals surface area contributed by atoms with Gasteiger partial charge in [-0.3, -0.25) is 0 Å². The van der Waals surface area contributed by atoms with Crippen molar-refractivity contribution in [3.63, 3.8) is 0 Å². The first kappa shape index (κ1) is 13.4. The molecule has 0 bridgehead atoms. The monoisotopic (exact) mass is 372 g/mol. The lowest BCUT2D eigenvalue weighted by Gasteiger charge is -2.10. The number of alkyl halides is 1. The second-order valence-electron chi connectivity index (χ2n) is 4.05. The van der Waals surface area contributed by atoms with Crippen molar-refractivity contribution in [3.05, 3.63) is 51.2 Å². The van der Waals surface area contributed by atoms with Gasteiger partial charge in [-0.25, -0.2) is 0 Å². The first-order valence-corrected chi connectivity index (χ1v) is 8.62. The van der Waals surface area contributed by atoms with Gasteiger partial charge in [0.25, 0.3) is 0 Å². The minimum absolute atomic E-state index is 0.167. The quantitative estimate of drug-likeness (QED) is 0.503. The highest BCUT2D eigenvalue weighted by atomic mass is 79.9. The molecule has 0 N–H and O–H groups in total. The van der Waals surface area contributed by atoms with Gasteiger partial charge in [0.1, 0.15) is 5.75 Å². The number of benzene rings is 1. The molecule has 2 heterocycles. The van der Waals surface area contributed by atoms with E-state index in [1.54, 1.807) is 18.4 Å². The highest BCUT2D eigenvalue weighted by molar-refractivity contribution is 9.09. The summed E-state index contributed by atoms with van der Waals surface area (Å²) in [5.74, 6) is 0.706. The van der Waals surface area contributed by atoms with E-state index in [0.29, 0.717) is 10.8 Å². The third-order valence-electron chi connectivity index (χ3n) is 2.88. The largest absolute Gasteiger partial charge is 0.495 e. The molecule has 3 aromatic rings. The maximum absolute atomic E-state index is 6.18. The van der Waals surface area contributed by atoms with Gasteiger partial charge < -0.3 is 4.74 Å². The number of methoxy groups -OCH3 is 1. The molecule has 1 atom stereocenters. The maximum Gasteiger partial charge on any atom is 0.137 e. The molecule has 1 nitrogen and oxygen atoms in total. The smallest absolute Gasteiger partial charge is 0.137 e. The van der Waals surface area contributed by atoms with E-state index in [-0.39, 0.29) is 4.83 Å². The van der Waals surface area contributed by atoms with Gasteiger partial charge in [0.2, 0.25) is 0 Å².